The minimum Gasteiger partial charge on any atom is -0.508 e. The molecule has 132 valence electrons. The van der Waals surface area contributed by atoms with Crippen molar-refractivity contribution in [1.29, 1.82) is 0 Å². The fourth-order valence-electron chi connectivity index (χ4n) is 4.43. The summed E-state index contributed by atoms with van der Waals surface area (Å²) in [6.45, 7) is 4.55. The van der Waals surface area contributed by atoms with Crippen molar-refractivity contribution in [3.63, 3.8) is 0 Å². The standard InChI is InChI=1S/C20H25N3O2/c1-13-19(15-9-11-23(13)12-10-15)21-20(25)18-8-7-17(22(18)2)14-3-5-16(24)6-4-14/h3-8,13,15,19,24H,9-12H2,1-2H3,(H,21,25)/t13-,19-/m0/s1. The van der Waals surface area contributed by atoms with Crippen molar-refractivity contribution in [2.75, 3.05) is 13.1 Å². The van der Waals surface area contributed by atoms with Crippen molar-refractivity contribution in [3.05, 3.63) is 42.1 Å². The van der Waals surface area contributed by atoms with Gasteiger partial charge in [-0.25, -0.2) is 0 Å². The van der Waals surface area contributed by atoms with E-state index in [9.17, 15) is 9.90 Å². The number of piperidine rings is 3. The van der Waals surface area contributed by atoms with Gasteiger partial charge < -0.3 is 15.0 Å². The lowest BCUT2D eigenvalue weighted by molar-refractivity contribution is 0.0215. The number of phenolic OH excluding ortho intramolecular Hbond substituents is 1. The third-order valence-electron chi connectivity index (χ3n) is 5.99. The molecule has 2 atom stereocenters. The molecule has 3 aliphatic rings. The Morgan fingerprint density at radius 1 is 1.12 bits per heavy atom. The highest BCUT2D eigenvalue weighted by atomic mass is 16.3. The molecule has 1 aromatic heterocycles. The maximum absolute atomic E-state index is 12.9. The van der Waals surface area contributed by atoms with Crippen LogP contribution in [0.2, 0.25) is 0 Å². The van der Waals surface area contributed by atoms with Gasteiger partial charge in [0.05, 0.1) is 0 Å². The Morgan fingerprint density at radius 2 is 1.80 bits per heavy atom. The number of hydrogen-bond donors (Lipinski definition) is 2. The van der Waals surface area contributed by atoms with Crippen molar-refractivity contribution in [2.24, 2.45) is 13.0 Å². The fourth-order valence-corrected chi connectivity index (χ4v) is 4.43. The zero-order valence-electron chi connectivity index (χ0n) is 14.8. The van der Waals surface area contributed by atoms with Crippen molar-refractivity contribution >= 4 is 5.91 Å². The molecule has 2 bridgehead atoms. The van der Waals surface area contributed by atoms with E-state index in [0.717, 1.165) is 24.3 Å². The number of nitrogens with zero attached hydrogens (tertiary/aromatic N) is 2. The van der Waals surface area contributed by atoms with Gasteiger partial charge in [-0.2, -0.15) is 0 Å². The average molecular weight is 339 g/mol. The third kappa shape index (κ3) is 2.82. The molecule has 0 radical (unpaired) electrons. The number of nitrogens with one attached hydrogen (secondary N) is 1. The van der Waals surface area contributed by atoms with Crippen LogP contribution in [0.4, 0.5) is 0 Å². The van der Waals surface area contributed by atoms with Gasteiger partial charge in [0.15, 0.2) is 0 Å². The van der Waals surface area contributed by atoms with E-state index in [1.54, 1.807) is 12.1 Å². The second-order valence-electron chi connectivity index (χ2n) is 7.32. The van der Waals surface area contributed by atoms with E-state index in [1.807, 2.05) is 35.9 Å². The van der Waals surface area contributed by atoms with Crippen LogP contribution in [0.1, 0.15) is 30.3 Å². The molecule has 0 unspecified atom stereocenters. The van der Waals surface area contributed by atoms with Crippen molar-refractivity contribution in [1.82, 2.24) is 14.8 Å². The summed E-state index contributed by atoms with van der Waals surface area (Å²) in [5, 5.41) is 12.7. The average Bonchev–Trinajstić information content (AvgIpc) is 3.01. The molecule has 5 heteroatoms. The first-order valence-corrected chi connectivity index (χ1v) is 9.04. The Balaban J connectivity index is 1.54. The van der Waals surface area contributed by atoms with Gasteiger partial charge in [0.2, 0.25) is 0 Å². The summed E-state index contributed by atoms with van der Waals surface area (Å²) in [5.74, 6) is 0.839. The number of aromatic hydroxyl groups is 1. The lowest BCUT2D eigenvalue weighted by atomic mass is 9.79. The van der Waals surface area contributed by atoms with Crippen molar-refractivity contribution in [3.8, 4) is 17.0 Å². The molecule has 3 aliphatic heterocycles. The first kappa shape index (κ1) is 16.2. The topological polar surface area (TPSA) is 57.5 Å². The van der Waals surface area contributed by atoms with Gasteiger partial charge in [-0.05, 0) is 80.7 Å². The van der Waals surface area contributed by atoms with E-state index < -0.39 is 0 Å². The maximum atomic E-state index is 12.9. The Bertz CT molecular complexity index is 771. The number of hydrogen-bond acceptors (Lipinski definition) is 3. The lowest BCUT2D eigenvalue weighted by Crippen LogP contribution is -2.62. The number of aromatic nitrogens is 1. The minimum absolute atomic E-state index is 0.00173. The molecule has 1 amide bonds. The summed E-state index contributed by atoms with van der Waals surface area (Å²) in [6.07, 6.45) is 2.36. The molecule has 0 aliphatic carbocycles. The molecule has 3 fully saturated rings. The molecule has 5 rings (SSSR count). The van der Waals surface area contributed by atoms with Gasteiger partial charge in [0, 0.05) is 24.8 Å². The number of rotatable bonds is 3. The summed E-state index contributed by atoms with van der Waals surface area (Å²) in [6, 6.07) is 11.5. The van der Waals surface area contributed by atoms with Crippen LogP contribution in [0.5, 0.6) is 5.75 Å². The molecule has 5 nitrogen and oxygen atoms in total. The Kier molecular flexibility index (Phi) is 4.04. The summed E-state index contributed by atoms with van der Waals surface area (Å²) in [7, 11) is 1.91. The van der Waals surface area contributed by atoms with Crippen LogP contribution in [-0.2, 0) is 7.05 Å². The number of phenols is 1. The van der Waals surface area contributed by atoms with Gasteiger partial charge in [0.25, 0.3) is 5.91 Å². The highest BCUT2D eigenvalue weighted by Crippen LogP contribution is 2.32. The van der Waals surface area contributed by atoms with E-state index in [2.05, 4.69) is 17.1 Å². The molecule has 3 saturated heterocycles. The second kappa shape index (κ2) is 6.23. The zero-order chi connectivity index (χ0) is 17.6. The van der Waals surface area contributed by atoms with E-state index in [4.69, 9.17) is 0 Å². The summed E-state index contributed by atoms with van der Waals surface area (Å²) in [4.78, 5) is 15.3. The molecule has 1 aromatic carbocycles. The van der Waals surface area contributed by atoms with Gasteiger partial charge in [-0.1, -0.05) is 0 Å². The molecule has 2 aromatic rings. The van der Waals surface area contributed by atoms with Gasteiger partial charge in [-0.3, -0.25) is 9.69 Å². The fraction of sp³-hybridized carbons (Fsp3) is 0.450. The molecule has 0 saturated carbocycles. The Labute approximate surface area is 148 Å². The normalized spacial score (nSPS) is 28.1. The molecule has 0 spiro atoms. The Morgan fingerprint density at radius 3 is 2.44 bits per heavy atom. The SMILES string of the molecule is C[C@H]1[C@H](NC(=O)c2ccc(-c3ccc(O)cc3)n2C)C2CCN1CC2. The predicted octanol–water partition coefficient (Wildman–Crippen LogP) is 2.61. The van der Waals surface area contributed by atoms with Crippen LogP contribution in [-0.4, -0.2) is 45.7 Å². The lowest BCUT2D eigenvalue weighted by Gasteiger charge is -2.49. The first-order chi connectivity index (χ1) is 12.0. The largest absolute Gasteiger partial charge is 0.508 e. The molecule has 25 heavy (non-hydrogen) atoms. The van der Waals surface area contributed by atoms with Crippen LogP contribution in [0.25, 0.3) is 11.3 Å². The smallest absolute Gasteiger partial charge is 0.268 e. The first-order valence-electron chi connectivity index (χ1n) is 9.04. The van der Waals surface area contributed by atoms with Crippen LogP contribution in [0, 0.1) is 5.92 Å². The highest BCUT2D eigenvalue weighted by molar-refractivity contribution is 5.94. The predicted molar refractivity (Wildman–Crippen MR) is 97.5 cm³/mol. The Hall–Kier alpha value is -2.27. The van der Waals surface area contributed by atoms with Crippen LogP contribution in [0.3, 0.4) is 0 Å². The number of fused-ring (bicyclic) bond motifs is 3. The number of amides is 1. The quantitative estimate of drug-likeness (QED) is 0.904. The summed E-state index contributed by atoms with van der Waals surface area (Å²) in [5.41, 5.74) is 2.62. The monoisotopic (exact) mass is 339 g/mol. The summed E-state index contributed by atoms with van der Waals surface area (Å²) < 4.78 is 1.92. The van der Waals surface area contributed by atoms with Crippen molar-refractivity contribution in [2.45, 2.75) is 31.8 Å². The van der Waals surface area contributed by atoms with Crippen molar-refractivity contribution < 1.29 is 9.90 Å². The molecule has 4 heterocycles. The minimum atomic E-state index is -0.00173. The van der Waals surface area contributed by atoms with Gasteiger partial charge >= 0.3 is 0 Å². The van der Waals surface area contributed by atoms with E-state index in [0.29, 0.717) is 17.7 Å². The summed E-state index contributed by atoms with van der Waals surface area (Å²) >= 11 is 0. The van der Waals surface area contributed by atoms with Gasteiger partial charge in [-0.15, -0.1) is 0 Å². The van der Waals surface area contributed by atoms with E-state index in [1.165, 1.54) is 12.8 Å². The van der Waals surface area contributed by atoms with Crippen LogP contribution in [0.15, 0.2) is 36.4 Å². The molecular weight excluding hydrogens is 314 g/mol. The van der Waals surface area contributed by atoms with E-state index >= 15 is 0 Å². The number of carbonyl (C=O) groups excluding carboxylic acids is 1. The van der Waals surface area contributed by atoms with Crippen LogP contribution >= 0.6 is 0 Å². The van der Waals surface area contributed by atoms with E-state index in [-0.39, 0.29) is 17.7 Å². The third-order valence-corrected chi connectivity index (χ3v) is 5.99. The maximum Gasteiger partial charge on any atom is 0.268 e. The molecule has 2 N–H and O–H groups in total. The second-order valence-corrected chi connectivity index (χ2v) is 7.32. The molecular formula is C20H25N3O2. The number of benzene rings is 1. The van der Waals surface area contributed by atoms with Gasteiger partial charge in [0.1, 0.15) is 11.4 Å². The van der Waals surface area contributed by atoms with Crippen LogP contribution < -0.4 is 5.32 Å². The zero-order valence-corrected chi connectivity index (χ0v) is 14.8. The highest BCUT2D eigenvalue weighted by Gasteiger charge is 2.40. The number of carbonyl (C=O) groups is 1.